The van der Waals surface area contributed by atoms with E-state index in [1.165, 1.54) is 11.3 Å². The lowest BCUT2D eigenvalue weighted by atomic mass is 9.86. The molecule has 1 aliphatic heterocycles. The lowest BCUT2D eigenvalue weighted by Gasteiger charge is -2.39. The maximum Gasteiger partial charge on any atom is 0.331 e. The van der Waals surface area contributed by atoms with Gasteiger partial charge in [0.15, 0.2) is 0 Å². The van der Waals surface area contributed by atoms with Crippen LogP contribution in [0, 0.1) is 5.41 Å². The molecule has 1 aliphatic carbocycles. The van der Waals surface area contributed by atoms with Crippen LogP contribution in [0.25, 0.3) is 0 Å². The Hall–Kier alpha value is -1.39. The van der Waals surface area contributed by atoms with Gasteiger partial charge in [0.1, 0.15) is 5.41 Å². The van der Waals surface area contributed by atoms with Crippen LogP contribution in [-0.2, 0) is 9.59 Å². The van der Waals surface area contributed by atoms with Gasteiger partial charge in [-0.3, -0.25) is 19.8 Å². The molecule has 0 aromatic heterocycles. The Morgan fingerprint density at radius 2 is 1.53 bits per heavy atom. The van der Waals surface area contributed by atoms with Crippen LogP contribution in [-0.4, -0.2) is 28.8 Å². The Morgan fingerprint density at radius 1 is 1.00 bits per heavy atom. The highest BCUT2D eigenvalue weighted by molar-refractivity contribution is 6.18. The normalized spacial score (nSPS) is 25.8. The summed E-state index contributed by atoms with van der Waals surface area (Å²) in [6, 6.07) is -0.597. The molecular formula is C14H22N2O3. The molecule has 2 aliphatic rings. The molecule has 0 aromatic rings. The number of nitrogens with zero attached hydrogens (tertiary/aromatic N) is 1. The summed E-state index contributed by atoms with van der Waals surface area (Å²) in [5.74, 6) is -0.851. The van der Waals surface area contributed by atoms with Crippen LogP contribution in [0.15, 0.2) is 0 Å². The van der Waals surface area contributed by atoms with E-state index in [4.69, 9.17) is 0 Å². The summed E-state index contributed by atoms with van der Waals surface area (Å²) in [7, 11) is 0. The molecule has 0 radical (unpaired) electrons. The van der Waals surface area contributed by atoms with Gasteiger partial charge in [-0.15, -0.1) is 0 Å². The average molecular weight is 266 g/mol. The van der Waals surface area contributed by atoms with Crippen molar-refractivity contribution in [2.24, 2.45) is 5.41 Å². The van der Waals surface area contributed by atoms with E-state index < -0.39 is 17.4 Å². The summed E-state index contributed by atoms with van der Waals surface area (Å²) in [6.45, 7) is 3.15. The van der Waals surface area contributed by atoms with E-state index in [1.54, 1.807) is 13.8 Å². The predicted octanol–water partition coefficient (Wildman–Crippen LogP) is 2.20. The van der Waals surface area contributed by atoms with Crippen LogP contribution >= 0.6 is 0 Å². The Bertz CT molecular complexity index is 395. The van der Waals surface area contributed by atoms with Crippen LogP contribution in [0.1, 0.15) is 58.8 Å². The molecule has 106 valence electrons. The SMILES string of the molecule is CC1(C)C(=O)NC(=O)N(C2CCCCCCC2)C1=O. The zero-order chi connectivity index (χ0) is 14.0. The van der Waals surface area contributed by atoms with Crippen LogP contribution in [0.4, 0.5) is 4.79 Å². The zero-order valence-corrected chi connectivity index (χ0v) is 11.7. The molecule has 4 amide bonds. The van der Waals surface area contributed by atoms with E-state index in [0.29, 0.717) is 0 Å². The molecule has 0 unspecified atom stereocenters. The average Bonchev–Trinajstić information content (AvgIpc) is 2.29. The summed E-state index contributed by atoms with van der Waals surface area (Å²) in [5.41, 5.74) is -1.14. The summed E-state index contributed by atoms with van der Waals surface area (Å²) < 4.78 is 0. The number of hydrogen-bond donors (Lipinski definition) is 1. The van der Waals surface area contributed by atoms with Crippen LogP contribution in [0.2, 0.25) is 0 Å². The minimum absolute atomic E-state index is 0.0554. The molecule has 5 nitrogen and oxygen atoms in total. The first-order chi connectivity index (χ1) is 8.94. The predicted molar refractivity (Wildman–Crippen MR) is 70.3 cm³/mol. The van der Waals surface area contributed by atoms with E-state index in [9.17, 15) is 14.4 Å². The van der Waals surface area contributed by atoms with Crippen molar-refractivity contribution in [1.82, 2.24) is 10.2 Å². The van der Waals surface area contributed by atoms with Gasteiger partial charge >= 0.3 is 6.03 Å². The fraction of sp³-hybridized carbons (Fsp3) is 0.786. The third-order valence-corrected chi connectivity index (χ3v) is 4.20. The Labute approximate surface area is 113 Å². The van der Waals surface area contributed by atoms with Gasteiger partial charge in [-0.05, 0) is 26.7 Å². The minimum atomic E-state index is -1.14. The molecule has 5 heteroatoms. The van der Waals surface area contributed by atoms with Gasteiger partial charge in [0.05, 0.1) is 0 Å². The van der Waals surface area contributed by atoms with E-state index in [0.717, 1.165) is 38.5 Å². The van der Waals surface area contributed by atoms with Crippen molar-refractivity contribution in [2.45, 2.75) is 64.8 Å². The number of barbiturate groups is 1. The molecule has 0 atom stereocenters. The molecule has 0 aromatic carbocycles. The zero-order valence-electron chi connectivity index (χ0n) is 11.7. The van der Waals surface area contributed by atoms with Crippen LogP contribution in [0.5, 0.6) is 0 Å². The topological polar surface area (TPSA) is 66.5 Å². The maximum atomic E-state index is 12.4. The highest BCUT2D eigenvalue weighted by Crippen LogP contribution is 2.29. The first kappa shape index (κ1) is 14.0. The highest BCUT2D eigenvalue weighted by Gasteiger charge is 2.48. The van der Waals surface area contributed by atoms with Crippen molar-refractivity contribution in [3.8, 4) is 0 Å². The van der Waals surface area contributed by atoms with Gasteiger partial charge in [0.25, 0.3) is 0 Å². The number of urea groups is 1. The van der Waals surface area contributed by atoms with Crippen molar-refractivity contribution < 1.29 is 14.4 Å². The summed E-state index contributed by atoms with van der Waals surface area (Å²) in [4.78, 5) is 37.4. The largest absolute Gasteiger partial charge is 0.331 e. The van der Waals surface area contributed by atoms with E-state index in [-0.39, 0.29) is 11.9 Å². The Morgan fingerprint density at radius 3 is 2.11 bits per heavy atom. The van der Waals surface area contributed by atoms with Crippen LogP contribution in [0.3, 0.4) is 0 Å². The van der Waals surface area contributed by atoms with Gasteiger partial charge < -0.3 is 0 Å². The van der Waals surface area contributed by atoms with E-state index in [2.05, 4.69) is 5.32 Å². The monoisotopic (exact) mass is 266 g/mol. The molecular weight excluding hydrogens is 244 g/mol. The van der Waals surface area contributed by atoms with Gasteiger partial charge in [0.2, 0.25) is 11.8 Å². The fourth-order valence-corrected chi connectivity index (χ4v) is 2.83. The number of carbonyl (C=O) groups excluding carboxylic acids is 3. The number of hydrogen-bond acceptors (Lipinski definition) is 3. The molecule has 1 saturated carbocycles. The van der Waals surface area contributed by atoms with Gasteiger partial charge in [-0.1, -0.05) is 32.1 Å². The Balaban J connectivity index is 2.18. The van der Waals surface area contributed by atoms with Crippen molar-refractivity contribution in [2.75, 3.05) is 0 Å². The molecule has 2 fully saturated rings. The van der Waals surface area contributed by atoms with Crippen molar-refractivity contribution in [3.63, 3.8) is 0 Å². The summed E-state index contributed by atoms with van der Waals surface area (Å²) in [5, 5.41) is 2.31. The second kappa shape index (κ2) is 5.31. The summed E-state index contributed by atoms with van der Waals surface area (Å²) >= 11 is 0. The number of rotatable bonds is 1. The minimum Gasteiger partial charge on any atom is -0.277 e. The molecule has 1 saturated heterocycles. The maximum absolute atomic E-state index is 12.4. The molecule has 1 heterocycles. The standard InChI is InChI=1S/C14H22N2O3/c1-14(2)11(17)15-13(19)16(12(14)18)10-8-6-4-3-5-7-9-10/h10H,3-9H2,1-2H3,(H,15,17,19). The van der Waals surface area contributed by atoms with Gasteiger partial charge in [-0.25, -0.2) is 4.79 Å². The summed E-state index contributed by atoms with van der Waals surface area (Å²) in [6.07, 6.45) is 7.32. The van der Waals surface area contributed by atoms with Gasteiger partial charge in [-0.2, -0.15) is 0 Å². The Kier molecular flexibility index (Phi) is 3.92. The van der Waals surface area contributed by atoms with Crippen molar-refractivity contribution in [1.29, 1.82) is 0 Å². The highest BCUT2D eigenvalue weighted by atomic mass is 16.2. The van der Waals surface area contributed by atoms with E-state index >= 15 is 0 Å². The molecule has 19 heavy (non-hydrogen) atoms. The first-order valence-corrected chi connectivity index (χ1v) is 7.13. The smallest absolute Gasteiger partial charge is 0.277 e. The molecule has 0 bridgehead atoms. The molecule has 0 spiro atoms. The second-order valence-electron chi connectivity index (χ2n) is 6.06. The number of nitrogens with one attached hydrogen (secondary N) is 1. The lowest BCUT2D eigenvalue weighted by molar-refractivity contribution is -0.150. The third-order valence-electron chi connectivity index (χ3n) is 4.20. The quantitative estimate of drug-likeness (QED) is 0.740. The van der Waals surface area contributed by atoms with Gasteiger partial charge in [0, 0.05) is 6.04 Å². The fourth-order valence-electron chi connectivity index (χ4n) is 2.83. The van der Waals surface area contributed by atoms with Crippen molar-refractivity contribution >= 4 is 17.8 Å². The third kappa shape index (κ3) is 2.65. The lowest BCUT2D eigenvalue weighted by Crippen LogP contribution is -2.64. The molecule has 1 N–H and O–H groups in total. The number of imide groups is 2. The van der Waals surface area contributed by atoms with Crippen LogP contribution < -0.4 is 5.32 Å². The van der Waals surface area contributed by atoms with Crippen molar-refractivity contribution in [3.05, 3.63) is 0 Å². The second-order valence-corrected chi connectivity index (χ2v) is 6.06. The van der Waals surface area contributed by atoms with E-state index in [1.807, 2.05) is 0 Å². The molecule has 2 rings (SSSR count). The first-order valence-electron chi connectivity index (χ1n) is 7.13. The number of amides is 4. The number of carbonyl (C=O) groups is 3.